The maximum atomic E-state index is 13.0. The average molecular weight is 526 g/mol. The van der Waals surface area contributed by atoms with E-state index in [9.17, 15) is 24.6 Å². The number of aromatic hydroxyl groups is 1. The van der Waals surface area contributed by atoms with Crippen LogP contribution in [0.4, 0.5) is 4.79 Å². The summed E-state index contributed by atoms with van der Waals surface area (Å²) < 4.78 is 10.8. The number of carbonyl (C=O) groups is 3. The summed E-state index contributed by atoms with van der Waals surface area (Å²) in [5.41, 5.74) is 1.79. The van der Waals surface area contributed by atoms with Crippen LogP contribution in [0.5, 0.6) is 5.75 Å². The fraction of sp³-hybridized carbons (Fsp3) is 0.464. The molecule has 204 valence electrons. The Kier molecular flexibility index (Phi) is 8.23. The molecule has 2 aromatic carbocycles. The molecular weight excluding hydrogens is 490 g/mol. The quantitative estimate of drug-likeness (QED) is 0.547. The van der Waals surface area contributed by atoms with Crippen molar-refractivity contribution in [3.05, 3.63) is 64.7 Å². The Labute approximate surface area is 222 Å². The van der Waals surface area contributed by atoms with Gasteiger partial charge in [0, 0.05) is 37.3 Å². The van der Waals surface area contributed by atoms with Crippen LogP contribution in [0.2, 0.25) is 0 Å². The van der Waals surface area contributed by atoms with Crippen LogP contribution in [0.25, 0.3) is 0 Å². The summed E-state index contributed by atoms with van der Waals surface area (Å²) in [4.78, 5) is 41.6. The summed E-state index contributed by atoms with van der Waals surface area (Å²) in [6.45, 7) is 7.44. The summed E-state index contributed by atoms with van der Waals surface area (Å²) in [5.74, 6) is -0.417. The highest BCUT2D eigenvalue weighted by molar-refractivity contribution is 5.97. The maximum absolute atomic E-state index is 13.0. The van der Waals surface area contributed by atoms with Gasteiger partial charge in [0.25, 0.3) is 11.8 Å². The number of aliphatic hydroxyl groups is 1. The molecule has 2 aliphatic heterocycles. The van der Waals surface area contributed by atoms with Crippen molar-refractivity contribution in [1.29, 1.82) is 0 Å². The van der Waals surface area contributed by atoms with Crippen LogP contribution in [0.3, 0.4) is 0 Å². The molecule has 2 aromatic rings. The van der Waals surface area contributed by atoms with Gasteiger partial charge in [0.1, 0.15) is 11.4 Å². The van der Waals surface area contributed by atoms with Gasteiger partial charge in [-0.05, 0) is 74.7 Å². The van der Waals surface area contributed by atoms with Crippen LogP contribution in [0.1, 0.15) is 52.6 Å². The smallest absolute Gasteiger partial charge is 0.410 e. The first kappa shape index (κ1) is 27.4. The lowest BCUT2D eigenvalue weighted by Gasteiger charge is -2.40. The van der Waals surface area contributed by atoms with Crippen molar-refractivity contribution >= 4 is 17.9 Å². The van der Waals surface area contributed by atoms with Crippen molar-refractivity contribution in [2.24, 2.45) is 0 Å². The second-order valence-electron chi connectivity index (χ2n) is 10.6. The maximum Gasteiger partial charge on any atom is 0.410 e. The molecule has 2 heterocycles. The number of phenols is 1. The highest BCUT2D eigenvalue weighted by Crippen LogP contribution is 2.29. The summed E-state index contributed by atoms with van der Waals surface area (Å²) in [7, 11) is 0. The van der Waals surface area contributed by atoms with Gasteiger partial charge in [-0.15, -0.1) is 0 Å². The van der Waals surface area contributed by atoms with Crippen molar-refractivity contribution in [3.63, 3.8) is 0 Å². The van der Waals surface area contributed by atoms with Gasteiger partial charge in [0.15, 0.2) is 0 Å². The van der Waals surface area contributed by atoms with E-state index in [4.69, 9.17) is 9.47 Å². The molecule has 4 rings (SSSR count). The van der Waals surface area contributed by atoms with Crippen LogP contribution in [0, 0.1) is 0 Å². The van der Waals surface area contributed by atoms with Crippen LogP contribution >= 0.6 is 0 Å². The minimum atomic E-state index is -1.07. The number of benzene rings is 2. The van der Waals surface area contributed by atoms with Gasteiger partial charge in [-0.25, -0.2) is 4.79 Å². The Morgan fingerprint density at radius 3 is 2.37 bits per heavy atom. The molecule has 1 saturated heterocycles. The van der Waals surface area contributed by atoms with E-state index in [1.165, 1.54) is 4.90 Å². The van der Waals surface area contributed by atoms with Gasteiger partial charge in [-0.1, -0.05) is 6.07 Å². The third-order valence-electron chi connectivity index (χ3n) is 6.60. The van der Waals surface area contributed by atoms with Gasteiger partial charge in [0.05, 0.1) is 25.4 Å². The summed E-state index contributed by atoms with van der Waals surface area (Å²) in [5, 5.41) is 23.7. The number of fused-ring (bicyclic) bond motifs is 1. The largest absolute Gasteiger partial charge is 0.508 e. The van der Waals surface area contributed by atoms with E-state index in [1.54, 1.807) is 68.1 Å². The lowest BCUT2D eigenvalue weighted by Crippen LogP contribution is -2.54. The molecule has 0 spiro atoms. The highest BCUT2D eigenvalue weighted by Gasteiger charge is 2.37. The van der Waals surface area contributed by atoms with Crippen molar-refractivity contribution in [1.82, 2.24) is 15.1 Å². The van der Waals surface area contributed by atoms with Gasteiger partial charge in [-0.2, -0.15) is 0 Å². The monoisotopic (exact) mass is 525 g/mol. The predicted molar refractivity (Wildman–Crippen MR) is 139 cm³/mol. The molecule has 0 saturated carbocycles. The van der Waals surface area contributed by atoms with Gasteiger partial charge < -0.3 is 29.9 Å². The first-order valence-corrected chi connectivity index (χ1v) is 12.8. The second kappa shape index (κ2) is 11.4. The standard InChI is InChI=1S/C28H35N3O7/c1-28(2,3)38-27(36)31-17-21-14-22(32)9-8-20(21)15-23(31)24(33)16-29-25(34)18-4-6-19(7-5-18)26(35)30-10-12-37-13-11-30/h4-9,14,23-24,32-33H,10-13,15-17H2,1-3H3,(H,29,34)/t23-,24+/m0/s1. The predicted octanol–water partition coefficient (Wildman–Crippen LogP) is 2.32. The SMILES string of the molecule is CC(C)(C)OC(=O)N1Cc2cc(O)ccc2C[C@H]1[C@H](O)CNC(=O)c1ccc(C(=O)N2CCOCC2)cc1. The molecule has 10 nitrogen and oxygen atoms in total. The Bertz CT molecular complexity index is 1170. The lowest BCUT2D eigenvalue weighted by atomic mass is 9.91. The number of hydrogen-bond acceptors (Lipinski definition) is 7. The number of phenolic OH excluding ortho intramolecular Hbond substituents is 1. The van der Waals surface area contributed by atoms with Gasteiger partial charge in [0.2, 0.25) is 0 Å². The molecule has 1 fully saturated rings. The number of ether oxygens (including phenoxy) is 2. The number of aliphatic hydroxyl groups excluding tert-OH is 1. The van der Waals surface area contributed by atoms with Crippen molar-refractivity contribution in [3.8, 4) is 5.75 Å². The minimum Gasteiger partial charge on any atom is -0.508 e. The molecule has 0 aliphatic carbocycles. The highest BCUT2D eigenvalue weighted by atomic mass is 16.6. The fourth-order valence-corrected chi connectivity index (χ4v) is 4.61. The number of hydrogen-bond donors (Lipinski definition) is 3. The first-order valence-electron chi connectivity index (χ1n) is 12.8. The van der Waals surface area contributed by atoms with E-state index in [0.717, 1.165) is 11.1 Å². The number of morpholine rings is 1. The van der Waals surface area contributed by atoms with Crippen molar-refractivity contribution in [2.45, 2.75) is 51.5 Å². The van der Waals surface area contributed by atoms with Crippen LogP contribution in [0.15, 0.2) is 42.5 Å². The molecule has 38 heavy (non-hydrogen) atoms. The van der Waals surface area contributed by atoms with Crippen molar-refractivity contribution < 1.29 is 34.1 Å². The number of nitrogens with zero attached hydrogens (tertiary/aromatic N) is 2. The topological polar surface area (TPSA) is 129 Å². The van der Waals surface area contributed by atoms with E-state index >= 15 is 0 Å². The number of rotatable bonds is 5. The molecule has 0 unspecified atom stereocenters. The van der Waals surface area contributed by atoms with Crippen LogP contribution < -0.4 is 5.32 Å². The van der Waals surface area contributed by atoms with E-state index in [-0.39, 0.29) is 24.7 Å². The summed E-state index contributed by atoms with van der Waals surface area (Å²) in [6, 6.07) is 10.7. The van der Waals surface area contributed by atoms with Crippen LogP contribution in [-0.2, 0) is 22.4 Å². The normalized spacial score (nSPS) is 18.4. The van der Waals surface area contributed by atoms with E-state index in [2.05, 4.69) is 5.32 Å². The zero-order valence-electron chi connectivity index (χ0n) is 22.0. The zero-order chi connectivity index (χ0) is 27.4. The molecule has 2 atom stereocenters. The average Bonchev–Trinajstić information content (AvgIpc) is 2.90. The number of amides is 3. The molecule has 0 aromatic heterocycles. The second-order valence-corrected chi connectivity index (χ2v) is 10.6. The van der Waals surface area contributed by atoms with E-state index < -0.39 is 29.7 Å². The number of carbonyl (C=O) groups excluding carboxylic acids is 3. The van der Waals surface area contributed by atoms with E-state index in [1.807, 2.05) is 0 Å². The molecule has 0 bridgehead atoms. The lowest BCUT2D eigenvalue weighted by molar-refractivity contribution is -0.0113. The summed E-state index contributed by atoms with van der Waals surface area (Å²) >= 11 is 0. The fourth-order valence-electron chi connectivity index (χ4n) is 4.61. The molecule has 2 aliphatic rings. The Hall–Kier alpha value is -3.63. The molecule has 3 amide bonds. The van der Waals surface area contributed by atoms with Gasteiger partial charge in [-0.3, -0.25) is 14.5 Å². The molecular formula is C28H35N3O7. The summed E-state index contributed by atoms with van der Waals surface area (Å²) in [6.07, 6.45) is -1.32. The zero-order valence-corrected chi connectivity index (χ0v) is 22.0. The van der Waals surface area contributed by atoms with Crippen molar-refractivity contribution in [2.75, 3.05) is 32.8 Å². The third kappa shape index (κ3) is 6.62. The Morgan fingerprint density at radius 1 is 1.05 bits per heavy atom. The van der Waals surface area contributed by atoms with Crippen LogP contribution in [-0.4, -0.2) is 88.5 Å². The Balaban J connectivity index is 1.41. The minimum absolute atomic E-state index is 0.0926. The molecule has 3 N–H and O–H groups in total. The third-order valence-corrected chi connectivity index (χ3v) is 6.60. The molecule has 10 heteroatoms. The molecule has 0 radical (unpaired) electrons. The Morgan fingerprint density at radius 2 is 1.71 bits per heavy atom. The first-order chi connectivity index (χ1) is 18.0. The number of nitrogens with one attached hydrogen (secondary N) is 1. The van der Waals surface area contributed by atoms with E-state index in [0.29, 0.717) is 43.9 Å². The van der Waals surface area contributed by atoms with Gasteiger partial charge >= 0.3 is 6.09 Å².